The molecule has 0 amide bonds. The van der Waals surface area contributed by atoms with Gasteiger partial charge in [-0.1, -0.05) is 30.4 Å². The van der Waals surface area contributed by atoms with Crippen LogP contribution >= 0.6 is 0 Å². The molecule has 0 spiro atoms. The Labute approximate surface area is 157 Å². The number of aromatic amines is 1. The topological polar surface area (TPSA) is 58.6 Å². The molecule has 0 unspecified atom stereocenters. The van der Waals surface area contributed by atoms with Crippen molar-refractivity contribution in [1.29, 1.82) is 0 Å². The lowest BCUT2D eigenvalue weighted by Gasteiger charge is -2.05. The van der Waals surface area contributed by atoms with Crippen LogP contribution in [-0.2, 0) is 6.42 Å². The van der Waals surface area contributed by atoms with Crippen molar-refractivity contribution in [3.8, 4) is 22.5 Å². The zero-order chi connectivity index (χ0) is 18.2. The van der Waals surface area contributed by atoms with Gasteiger partial charge in [0.15, 0.2) is 5.78 Å². The number of aromatic nitrogens is 3. The molecule has 4 heteroatoms. The summed E-state index contributed by atoms with van der Waals surface area (Å²) >= 11 is 0. The number of hydrogen-bond donors (Lipinski definition) is 1. The molecule has 1 aromatic carbocycles. The summed E-state index contributed by atoms with van der Waals surface area (Å²) in [6.45, 7) is 0. The summed E-state index contributed by atoms with van der Waals surface area (Å²) in [7, 11) is 0. The van der Waals surface area contributed by atoms with E-state index in [1.807, 2.05) is 24.3 Å². The molecule has 3 aromatic rings. The van der Waals surface area contributed by atoms with Gasteiger partial charge in [-0.2, -0.15) is 0 Å². The van der Waals surface area contributed by atoms with E-state index in [2.05, 4.69) is 34.3 Å². The first-order chi connectivity index (χ1) is 13.3. The largest absolute Gasteiger partial charge is 0.338 e. The number of nitrogens with one attached hydrogen (secondary N) is 1. The van der Waals surface area contributed by atoms with Crippen molar-refractivity contribution >= 4 is 11.4 Å². The van der Waals surface area contributed by atoms with Gasteiger partial charge in [-0.3, -0.25) is 9.78 Å². The number of ketones is 1. The van der Waals surface area contributed by atoms with E-state index in [1.54, 1.807) is 12.4 Å². The third kappa shape index (κ3) is 2.83. The molecule has 132 valence electrons. The normalized spacial score (nSPS) is 15.7. The van der Waals surface area contributed by atoms with E-state index in [-0.39, 0.29) is 5.78 Å². The zero-order valence-electron chi connectivity index (χ0n) is 14.9. The van der Waals surface area contributed by atoms with Crippen LogP contribution in [0.2, 0.25) is 0 Å². The maximum Gasteiger partial charge on any atom is 0.163 e. The number of carbonyl (C=O) groups excluding carboxylic acids is 1. The van der Waals surface area contributed by atoms with E-state index in [4.69, 9.17) is 4.98 Å². The number of fused-ring (bicyclic) bond motifs is 1. The average Bonchev–Trinajstić information content (AvgIpc) is 3.33. The van der Waals surface area contributed by atoms with E-state index in [0.29, 0.717) is 6.42 Å². The predicted molar refractivity (Wildman–Crippen MR) is 106 cm³/mol. The van der Waals surface area contributed by atoms with Crippen molar-refractivity contribution in [3.63, 3.8) is 0 Å². The first-order valence-corrected chi connectivity index (χ1v) is 9.31. The lowest BCUT2D eigenvalue weighted by atomic mass is 10.0. The van der Waals surface area contributed by atoms with Gasteiger partial charge in [-0.25, -0.2) is 4.98 Å². The number of rotatable bonds is 3. The highest BCUT2D eigenvalue weighted by molar-refractivity contribution is 6.01. The third-order valence-corrected chi connectivity index (χ3v) is 5.28. The van der Waals surface area contributed by atoms with E-state index in [9.17, 15) is 4.79 Å². The Morgan fingerprint density at radius 1 is 0.963 bits per heavy atom. The molecule has 1 N–H and O–H groups in total. The molecule has 0 aliphatic heterocycles. The lowest BCUT2D eigenvalue weighted by Crippen LogP contribution is -1.92. The third-order valence-electron chi connectivity index (χ3n) is 5.28. The maximum atomic E-state index is 12.0. The van der Waals surface area contributed by atoms with Crippen LogP contribution in [0.5, 0.6) is 0 Å². The Bertz CT molecular complexity index is 1090. The van der Waals surface area contributed by atoms with Crippen LogP contribution in [-0.4, -0.2) is 20.7 Å². The number of benzene rings is 1. The number of hydrogen-bond acceptors (Lipinski definition) is 3. The number of carbonyl (C=O) groups is 1. The Morgan fingerprint density at radius 3 is 2.67 bits per heavy atom. The summed E-state index contributed by atoms with van der Waals surface area (Å²) in [5.41, 5.74) is 7.23. The fourth-order valence-corrected chi connectivity index (χ4v) is 3.86. The minimum absolute atomic E-state index is 0.243. The molecule has 0 atom stereocenters. The molecule has 0 saturated carbocycles. The Hall–Kier alpha value is -3.27. The van der Waals surface area contributed by atoms with Gasteiger partial charge in [0.2, 0.25) is 0 Å². The van der Waals surface area contributed by atoms with E-state index >= 15 is 0 Å². The standard InChI is InChI=1S/C23H19N3O/c27-20-9-7-17-14-18(6-8-19(17)20)22-21(15-10-12-24-13-11-15)25-23(26-22)16-4-2-1-3-5-16/h1-2,5-6,8,10-14H,3-4,7,9H2,(H,25,26). The molecule has 2 aliphatic rings. The van der Waals surface area contributed by atoms with Crippen molar-refractivity contribution in [2.75, 3.05) is 0 Å². The molecule has 27 heavy (non-hydrogen) atoms. The molecule has 0 bridgehead atoms. The molecule has 2 aromatic heterocycles. The fourth-order valence-electron chi connectivity index (χ4n) is 3.86. The minimum atomic E-state index is 0.243. The van der Waals surface area contributed by atoms with E-state index < -0.39 is 0 Å². The van der Waals surface area contributed by atoms with Gasteiger partial charge in [0.25, 0.3) is 0 Å². The highest BCUT2D eigenvalue weighted by atomic mass is 16.1. The molecular formula is C23H19N3O. The molecule has 0 saturated heterocycles. The molecule has 0 radical (unpaired) electrons. The molecule has 0 fully saturated rings. The van der Waals surface area contributed by atoms with Crippen LogP contribution in [0.15, 0.2) is 61.0 Å². The van der Waals surface area contributed by atoms with Crippen LogP contribution in [0.25, 0.3) is 28.1 Å². The van der Waals surface area contributed by atoms with Crippen molar-refractivity contribution in [3.05, 3.63) is 77.9 Å². The highest BCUT2D eigenvalue weighted by Crippen LogP contribution is 2.35. The van der Waals surface area contributed by atoms with Gasteiger partial charge < -0.3 is 4.98 Å². The molecule has 2 aliphatic carbocycles. The second-order valence-electron chi connectivity index (χ2n) is 6.98. The second kappa shape index (κ2) is 6.47. The quantitative estimate of drug-likeness (QED) is 0.674. The summed E-state index contributed by atoms with van der Waals surface area (Å²) in [4.78, 5) is 24.6. The fraction of sp³-hybridized carbons (Fsp3) is 0.174. The summed E-state index contributed by atoms with van der Waals surface area (Å²) < 4.78 is 0. The number of Topliss-reactive ketones (excluding diaryl/α,β-unsaturated/α-hetero) is 1. The van der Waals surface area contributed by atoms with Gasteiger partial charge in [0.1, 0.15) is 5.82 Å². The molecule has 5 rings (SSSR count). The van der Waals surface area contributed by atoms with Crippen molar-refractivity contribution in [1.82, 2.24) is 15.0 Å². The lowest BCUT2D eigenvalue weighted by molar-refractivity contribution is 0.0994. The van der Waals surface area contributed by atoms with Crippen LogP contribution in [0, 0.1) is 0 Å². The predicted octanol–water partition coefficient (Wildman–Crippen LogP) is 5.00. The monoisotopic (exact) mass is 353 g/mol. The van der Waals surface area contributed by atoms with Gasteiger partial charge >= 0.3 is 0 Å². The average molecular weight is 353 g/mol. The van der Waals surface area contributed by atoms with Crippen LogP contribution in [0.1, 0.15) is 41.0 Å². The smallest absolute Gasteiger partial charge is 0.163 e. The van der Waals surface area contributed by atoms with E-state index in [0.717, 1.165) is 58.7 Å². The summed E-state index contributed by atoms with van der Waals surface area (Å²) in [5, 5.41) is 0. The zero-order valence-corrected chi connectivity index (χ0v) is 14.9. The van der Waals surface area contributed by atoms with Crippen LogP contribution in [0.4, 0.5) is 0 Å². The number of allylic oxidation sites excluding steroid dienone is 4. The minimum Gasteiger partial charge on any atom is -0.338 e. The van der Waals surface area contributed by atoms with Gasteiger partial charge in [0, 0.05) is 35.5 Å². The summed E-state index contributed by atoms with van der Waals surface area (Å²) in [5.74, 6) is 1.16. The first-order valence-electron chi connectivity index (χ1n) is 9.31. The number of nitrogens with zero attached hydrogens (tertiary/aromatic N) is 2. The summed E-state index contributed by atoms with van der Waals surface area (Å²) in [6, 6.07) is 10.1. The second-order valence-corrected chi connectivity index (χ2v) is 6.98. The number of imidazole rings is 1. The summed E-state index contributed by atoms with van der Waals surface area (Å²) in [6.07, 6.45) is 13.4. The molecular weight excluding hydrogens is 334 g/mol. The maximum absolute atomic E-state index is 12.0. The highest BCUT2D eigenvalue weighted by Gasteiger charge is 2.22. The molecule has 2 heterocycles. The SMILES string of the molecule is O=C1CCc2cc(-c3nc(C4=CCC=CC4)[nH]c3-c3ccncc3)ccc21. The Balaban J connectivity index is 1.65. The molecule has 4 nitrogen and oxygen atoms in total. The van der Waals surface area contributed by atoms with Gasteiger partial charge in [0.05, 0.1) is 11.4 Å². The van der Waals surface area contributed by atoms with Crippen molar-refractivity contribution in [2.24, 2.45) is 0 Å². The van der Waals surface area contributed by atoms with Crippen molar-refractivity contribution in [2.45, 2.75) is 25.7 Å². The number of H-pyrrole nitrogens is 1. The van der Waals surface area contributed by atoms with E-state index in [1.165, 1.54) is 5.57 Å². The number of aryl methyl sites for hydroxylation is 1. The van der Waals surface area contributed by atoms with Crippen molar-refractivity contribution < 1.29 is 4.79 Å². The van der Waals surface area contributed by atoms with Crippen LogP contribution in [0.3, 0.4) is 0 Å². The van der Waals surface area contributed by atoms with Gasteiger partial charge in [-0.15, -0.1) is 0 Å². The van der Waals surface area contributed by atoms with Crippen LogP contribution < -0.4 is 0 Å². The Morgan fingerprint density at radius 2 is 1.85 bits per heavy atom. The van der Waals surface area contributed by atoms with Gasteiger partial charge in [-0.05, 0) is 48.6 Å². The number of pyridine rings is 1. The Kier molecular flexibility index (Phi) is 3.82. The first kappa shape index (κ1) is 15.9.